The number of rotatable bonds is 10. The summed E-state index contributed by atoms with van der Waals surface area (Å²) < 4.78 is 5.02. The zero-order valence-corrected chi connectivity index (χ0v) is 23.6. The second kappa shape index (κ2) is 14.0. The van der Waals surface area contributed by atoms with Crippen LogP contribution in [0.1, 0.15) is 41.3 Å². The zero-order valence-electron chi connectivity index (χ0n) is 22.8. The Bertz CT molecular complexity index is 1510. The number of hydrogen-bond acceptors (Lipinski definition) is 7. The number of carbonyl (C=O) groups excluding carboxylic acids is 3. The average Bonchev–Trinajstić information content (AvgIpc) is 3.00. The molecule has 4 rings (SSSR count). The molecule has 208 valence electrons. The summed E-state index contributed by atoms with van der Waals surface area (Å²) >= 11 is 1.23. The van der Waals surface area contributed by atoms with Crippen molar-refractivity contribution in [1.29, 1.82) is 5.26 Å². The first-order valence-electron chi connectivity index (χ1n) is 13.1. The Balaban J connectivity index is 1.54. The van der Waals surface area contributed by atoms with E-state index in [1.807, 2.05) is 60.7 Å². The molecule has 2 amide bonds. The minimum Gasteiger partial charge on any atom is -0.462 e. The monoisotopic (exact) mass is 566 g/mol. The largest absolute Gasteiger partial charge is 0.462 e. The average molecular weight is 567 g/mol. The summed E-state index contributed by atoms with van der Waals surface area (Å²) in [5.41, 5.74) is 3.96. The summed E-state index contributed by atoms with van der Waals surface area (Å²) in [6.07, 6.45) is 0. The molecule has 3 aromatic carbocycles. The van der Waals surface area contributed by atoms with E-state index in [-0.39, 0.29) is 24.2 Å². The fourth-order valence-corrected chi connectivity index (χ4v) is 5.32. The first kappa shape index (κ1) is 29.2. The number of nitrogens with zero attached hydrogens (tertiary/aromatic N) is 1. The third-order valence-corrected chi connectivity index (χ3v) is 7.38. The van der Waals surface area contributed by atoms with Crippen LogP contribution in [0.5, 0.6) is 0 Å². The molecule has 0 spiro atoms. The number of benzene rings is 3. The van der Waals surface area contributed by atoms with Crippen LogP contribution < -0.4 is 16.0 Å². The Morgan fingerprint density at radius 2 is 1.63 bits per heavy atom. The summed E-state index contributed by atoms with van der Waals surface area (Å²) in [5.74, 6) is -1.53. The van der Waals surface area contributed by atoms with Gasteiger partial charge >= 0.3 is 5.97 Å². The Hall–Kier alpha value is -4.81. The van der Waals surface area contributed by atoms with E-state index in [1.54, 1.807) is 38.1 Å². The lowest BCUT2D eigenvalue weighted by atomic mass is 9.82. The molecule has 3 aromatic rings. The van der Waals surface area contributed by atoms with Crippen LogP contribution in [0.25, 0.3) is 0 Å². The zero-order chi connectivity index (χ0) is 29.2. The standard InChI is InChI=1S/C32H30N4O4S/c1-3-40-32(39)24-14-16-25(17-15-24)36-30(38)28-21(2)35-31(26(18-33)29(28)23-12-8-5-9-13-23)41-20-27(37)34-19-22-10-6-4-7-11-22/h4-17,29,35H,3,19-20H2,1-2H3,(H,34,37)(H,36,38)/t29-/m0/s1. The molecule has 0 saturated carbocycles. The van der Waals surface area contributed by atoms with E-state index in [9.17, 15) is 19.6 Å². The first-order chi connectivity index (χ1) is 19.9. The van der Waals surface area contributed by atoms with Crippen molar-refractivity contribution in [2.75, 3.05) is 17.7 Å². The predicted molar refractivity (Wildman–Crippen MR) is 159 cm³/mol. The molecule has 3 N–H and O–H groups in total. The van der Waals surface area contributed by atoms with Crippen molar-refractivity contribution in [2.45, 2.75) is 26.3 Å². The SMILES string of the molecule is CCOC(=O)c1ccc(NC(=O)C2=C(C)NC(SCC(=O)NCc3ccccc3)=C(C#N)[C@@H]2c2ccccc2)cc1. The second-order valence-corrected chi connectivity index (χ2v) is 10.2. The van der Waals surface area contributed by atoms with Gasteiger partial charge in [0, 0.05) is 23.5 Å². The molecule has 0 aliphatic carbocycles. The molecule has 0 aromatic heterocycles. The number of esters is 1. The summed E-state index contributed by atoms with van der Waals surface area (Å²) in [7, 11) is 0. The summed E-state index contributed by atoms with van der Waals surface area (Å²) in [4.78, 5) is 38.2. The third-order valence-electron chi connectivity index (χ3n) is 6.36. The Morgan fingerprint density at radius 3 is 2.27 bits per heavy atom. The van der Waals surface area contributed by atoms with E-state index >= 15 is 0 Å². The van der Waals surface area contributed by atoms with Gasteiger partial charge in [-0.25, -0.2) is 4.79 Å². The number of nitrogens with one attached hydrogen (secondary N) is 3. The summed E-state index contributed by atoms with van der Waals surface area (Å²) in [6, 6.07) is 27.7. The molecule has 41 heavy (non-hydrogen) atoms. The molecule has 0 unspecified atom stereocenters. The van der Waals surface area contributed by atoms with Gasteiger partial charge in [-0.3, -0.25) is 9.59 Å². The van der Waals surface area contributed by atoms with Crippen molar-refractivity contribution in [2.24, 2.45) is 0 Å². The number of allylic oxidation sites excluding steroid dienone is 2. The molecule has 9 heteroatoms. The molecule has 0 radical (unpaired) electrons. The predicted octanol–water partition coefficient (Wildman–Crippen LogP) is 5.25. The van der Waals surface area contributed by atoms with Crippen molar-refractivity contribution in [3.63, 3.8) is 0 Å². The lowest BCUT2D eigenvalue weighted by molar-refractivity contribution is -0.118. The fraction of sp³-hybridized carbons (Fsp3) is 0.188. The van der Waals surface area contributed by atoms with Crippen LogP contribution >= 0.6 is 11.8 Å². The van der Waals surface area contributed by atoms with Crippen LogP contribution in [0.4, 0.5) is 5.69 Å². The Labute approximate surface area is 243 Å². The Kier molecular flexibility index (Phi) is 9.97. The van der Waals surface area contributed by atoms with Gasteiger partial charge in [-0.15, -0.1) is 0 Å². The van der Waals surface area contributed by atoms with Crippen molar-refractivity contribution < 1.29 is 19.1 Å². The normalized spacial score (nSPS) is 14.5. The maximum atomic E-state index is 13.6. The third kappa shape index (κ3) is 7.44. The van der Waals surface area contributed by atoms with E-state index in [2.05, 4.69) is 22.0 Å². The van der Waals surface area contributed by atoms with Gasteiger partial charge in [0.1, 0.15) is 0 Å². The number of ether oxygens (including phenoxy) is 1. The number of anilines is 1. The van der Waals surface area contributed by atoms with Crippen LogP contribution in [0.3, 0.4) is 0 Å². The highest BCUT2D eigenvalue weighted by molar-refractivity contribution is 8.03. The first-order valence-corrected chi connectivity index (χ1v) is 14.1. The minimum absolute atomic E-state index is 0.101. The molecule has 1 heterocycles. The lowest BCUT2D eigenvalue weighted by Crippen LogP contribution is -2.31. The smallest absolute Gasteiger partial charge is 0.338 e. The van der Waals surface area contributed by atoms with E-state index in [0.29, 0.717) is 39.7 Å². The van der Waals surface area contributed by atoms with Crippen LogP contribution in [-0.4, -0.2) is 30.1 Å². The van der Waals surface area contributed by atoms with Gasteiger partial charge in [-0.1, -0.05) is 72.4 Å². The second-order valence-electron chi connectivity index (χ2n) is 9.16. The van der Waals surface area contributed by atoms with Crippen LogP contribution in [0.15, 0.2) is 107 Å². The van der Waals surface area contributed by atoms with Gasteiger partial charge in [0.05, 0.1) is 40.5 Å². The van der Waals surface area contributed by atoms with Crippen molar-refractivity contribution in [1.82, 2.24) is 10.6 Å². The minimum atomic E-state index is -0.642. The summed E-state index contributed by atoms with van der Waals surface area (Å²) in [6.45, 7) is 4.19. The maximum Gasteiger partial charge on any atom is 0.338 e. The fourth-order valence-electron chi connectivity index (χ4n) is 4.39. The van der Waals surface area contributed by atoms with Gasteiger partial charge in [0.15, 0.2) is 0 Å². The molecule has 1 aliphatic heterocycles. The van der Waals surface area contributed by atoms with Crippen LogP contribution in [0, 0.1) is 11.3 Å². The van der Waals surface area contributed by atoms with E-state index in [1.165, 1.54) is 11.8 Å². The topological polar surface area (TPSA) is 120 Å². The maximum absolute atomic E-state index is 13.6. The number of thioether (sulfide) groups is 1. The number of carbonyl (C=O) groups is 3. The highest BCUT2D eigenvalue weighted by Gasteiger charge is 2.34. The van der Waals surface area contributed by atoms with Gasteiger partial charge in [-0.2, -0.15) is 5.26 Å². The summed E-state index contributed by atoms with van der Waals surface area (Å²) in [5, 5.41) is 19.8. The van der Waals surface area contributed by atoms with Crippen molar-refractivity contribution >= 4 is 35.2 Å². The molecular formula is C32H30N4O4S. The number of amides is 2. The van der Waals surface area contributed by atoms with Gasteiger partial charge in [-0.05, 0) is 49.2 Å². The van der Waals surface area contributed by atoms with Gasteiger partial charge in [0.25, 0.3) is 5.91 Å². The number of nitriles is 1. The van der Waals surface area contributed by atoms with E-state index < -0.39 is 11.9 Å². The van der Waals surface area contributed by atoms with Crippen molar-refractivity contribution in [3.8, 4) is 6.07 Å². The van der Waals surface area contributed by atoms with Gasteiger partial charge in [0.2, 0.25) is 5.91 Å². The van der Waals surface area contributed by atoms with Crippen LogP contribution in [-0.2, 0) is 20.9 Å². The lowest BCUT2D eigenvalue weighted by Gasteiger charge is -2.30. The van der Waals surface area contributed by atoms with Gasteiger partial charge < -0.3 is 20.7 Å². The van der Waals surface area contributed by atoms with Crippen LogP contribution in [0.2, 0.25) is 0 Å². The van der Waals surface area contributed by atoms with Crippen molar-refractivity contribution in [3.05, 3.63) is 123 Å². The Morgan fingerprint density at radius 1 is 0.976 bits per heavy atom. The molecule has 0 fully saturated rings. The van der Waals surface area contributed by atoms with E-state index in [0.717, 1.165) is 11.1 Å². The molecule has 1 aliphatic rings. The molecule has 1 atom stereocenters. The van der Waals surface area contributed by atoms with E-state index in [4.69, 9.17) is 4.74 Å². The molecular weight excluding hydrogens is 536 g/mol. The molecule has 0 bridgehead atoms. The highest BCUT2D eigenvalue weighted by Crippen LogP contribution is 2.40. The molecule has 8 nitrogen and oxygen atoms in total. The molecule has 0 saturated heterocycles. The number of dihydropyridines is 1. The number of hydrogen-bond donors (Lipinski definition) is 3. The highest BCUT2D eigenvalue weighted by atomic mass is 32.2. The quantitative estimate of drug-likeness (QED) is 0.287.